The molecule has 0 aromatic heterocycles. The minimum atomic E-state index is -0.796. The second-order valence-corrected chi connectivity index (χ2v) is 8.26. The third kappa shape index (κ3) is 9.37. The number of unbranched alkanes of at least 4 members (excludes halogenated alkanes) is 1. The molecule has 4 atom stereocenters. The van der Waals surface area contributed by atoms with E-state index in [0.717, 1.165) is 25.7 Å². The molecule has 2 rings (SSSR count). The van der Waals surface area contributed by atoms with Gasteiger partial charge in [0.25, 0.3) is 0 Å². The molecule has 2 fully saturated rings. The maximum atomic E-state index is 11.3. The number of carbonyl (C=O) groups is 4. The van der Waals surface area contributed by atoms with Gasteiger partial charge in [0.1, 0.15) is 11.6 Å². The van der Waals surface area contributed by atoms with Gasteiger partial charge in [-0.2, -0.15) is 0 Å². The van der Waals surface area contributed by atoms with E-state index in [0.29, 0.717) is 43.8 Å². The van der Waals surface area contributed by atoms with E-state index in [9.17, 15) is 19.2 Å². The highest BCUT2D eigenvalue weighted by molar-refractivity contribution is 5.83. The number of ketones is 2. The van der Waals surface area contributed by atoms with Crippen molar-refractivity contribution in [3.63, 3.8) is 0 Å². The number of carboxylic acid groups (broad SMARTS) is 1. The van der Waals surface area contributed by atoms with Gasteiger partial charge in [-0.3, -0.25) is 19.2 Å². The fourth-order valence-corrected chi connectivity index (χ4v) is 4.39. The van der Waals surface area contributed by atoms with E-state index in [1.807, 2.05) is 19.1 Å². The van der Waals surface area contributed by atoms with Crippen LogP contribution in [0.25, 0.3) is 0 Å². The summed E-state index contributed by atoms with van der Waals surface area (Å²) in [6, 6.07) is 0. The van der Waals surface area contributed by atoms with Crippen molar-refractivity contribution in [1.82, 2.24) is 0 Å². The first-order valence-corrected chi connectivity index (χ1v) is 10.7. The van der Waals surface area contributed by atoms with E-state index in [4.69, 9.17) is 5.11 Å². The van der Waals surface area contributed by atoms with Crippen molar-refractivity contribution in [2.75, 3.05) is 7.11 Å². The molecule has 4 unspecified atom stereocenters. The van der Waals surface area contributed by atoms with Crippen LogP contribution < -0.4 is 0 Å². The third-order valence-electron chi connectivity index (χ3n) is 5.99. The van der Waals surface area contributed by atoms with Gasteiger partial charge in [-0.1, -0.05) is 31.9 Å². The highest BCUT2D eigenvalue weighted by atomic mass is 16.5. The predicted octanol–water partition coefficient (Wildman–Crippen LogP) is 4.36. The molecule has 1 N–H and O–H groups in total. The molecular weight excluding hydrogens is 372 g/mol. The number of methoxy groups -OCH3 is 1. The fourth-order valence-electron chi connectivity index (χ4n) is 4.39. The van der Waals surface area contributed by atoms with Crippen molar-refractivity contribution in [3.05, 3.63) is 12.2 Å². The topological polar surface area (TPSA) is 97.7 Å². The Morgan fingerprint density at radius 2 is 1.55 bits per heavy atom. The van der Waals surface area contributed by atoms with Gasteiger partial charge >= 0.3 is 11.9 Å². The van der Waals surface area contributed by atoms with Crippen molar-refractivity contribution >= 4 is 23.5 Å². The Kier molecular flexibility index (Phi) is 11.5. The average Bonchev–Trinajstić information content (AvgIpc) is 3.19. The number of allylic oxidation sites excluding steroid dienone is 2. The molecule has 0 heterocycles. The fraction of sp³-hybridized carbons (Fsp3) is 0.739. The largest absolute Gasteiger partial charge is 0.481 e. The molecule has 29 heavy (non-hydrogen) atoms. The summed E-state index contributed by atoms with van der Waals surface area (Å²) in [4.78, 5) is 44.2. The van der Waals surface area contributed by atoms with Gasteiger partial charge in [-0.15, -0.1) is 0 Å². The predicted molar refractivity (Wildman–Crippen MR) is 110 cm³/mol. The Morgan fingerprint density at radius 1 is 1.00 bits per heavy atom. The SMILES string of the molecule is C/C=C\CC1CC(=O)CC1CC(=O)O.CCCCC1CC(=O)CC1CC(=O)OC. The van der Waals surface area contributed by atoms with Gasteiger partial charge in [0.2, 0.25) is 0 Å². The van der Waals surface area contributed by atoms with Gasteiger partial charge in [0.05, 0.1) is 7.11 Å². The Balaban J connectivity index is 0.000000291. The molecule has 0 radical (unpaired) electrons. The molecule has 2 saturated carbocycles. The standard InChI is InChI=1S/C12H20O3.C11H16O3/c1-3-4-5-9-6-11(13)7-10(9)8-12(14)15-2;1-2-3-4-8-5-10(12)6-9(8)7-11(13)14/h9-10H,3-8H2,1-2H3;2-3,8-9H,4-7H2,1H3,(H,13,14)/b;3-2-. The number of hydrogen-bond acceptors (Lipinski definition) is 5. The van der Waals surface area contributed by atoms with Crippen LogP contribution in [-0.4, -0.2) is 35.7 Å². The molecule has 0 aliphatic heterocycles. The van der Waals surface area contributed by atoms with E-state index >= 15 is 0 Å². The van der Waals surface area contributed by atoms with Crippen molar-refractivity contribution in [2.24, 2.45) is 23.7 Å². The molecule has 0 bridgehead atoms. The second-order valence-electron chi connectivity index (χ2n) is 8.26. The number of esters is 1. The first-order chi connectivity index (χ1) is 13.8. The lowest BCUT2D eigenvalue weighted by atomic mass is 9.89. The summed E-state index contributed by atoms with van der Waals surface area (Å²) in [5, 5.41) is 8.67. The number of Topliss-reactive ketones (excluding diaryl/α,β-unsaturated/α-hetero) is 2. The first kappa shape index (κ1) is 25.1. The molecule has 164 valence electrons. The van der Waals surface area contributed by atoms with E-state index in [-0.39, 0.29) is 35.9 Å². The molecule has 2 aliphatic carbocycles. The van der Waals surface area contributed by atoms with Crippen LogP contribution in [0.5, 0.6) is 0 Å². The summed E-state index contributed by atoms with van der Waals surface area (Å²) in [5.41, 5.74) is 0. The molecule has 6 heteroatoms. The van der Waals surface area contributed by atoms with Crippen LogP contribution in [0.3, 0.4) is 0 Å². The van der Waals surface area contributed by atoms with E-state index < -0.39 is 5.97 Å². The number of ether oxygens (including phenoxy) is 1. The van der Waals surface area contributed by atoms with Crippen LogP contribution in [0.4, 0.5) is 0 Å². The monoisotopic (exact) mass is 408 g/mol. The minimum Gasteiger partial charge on any atom is -0.481 e. The van der Waals surface area contributed by atoms with Crippen LogP contribution in [0, 0.1) is 23.7 Å². The zero-order valence-electron chi connectivity index (χ0n) is 18.0. The molecule has 0 saturated heterocycles. The number of rotatable bonds is 9. The molecule has 6 nitrogen and oxygen atoms in total. The quantitative estimate of drug-likeness (QED) is 0.450. The van der Waals surface area contributed by atoms with Crippen LogP contribution in [0.1, 0.15) is 78.1 Å². The van der Waals surface area contributed by atoms with E-state index in [1.54, 1.807) is 0 Å². The van der Waals surface area contributed by atoms with Crippen molar-refractivity contribution in [3.8, 4) is 0 Å². The van der Waals surface area contributed by atoms with Crippen LogP contribution in [0.15, 0.2) is 12.2 Å². The summed E-state index contributed by atoms with van der Waals surface area (Å²) in [7, 11) is 1.40. The van der Waals surface area contributed by atoms with E-state index in [2.05, 4.69) is 11.7 Å². The number of aliphatic carboxylic acids is 1. The third-order valence-corrected chi connectivity index (χ3v) is 5.99. The van der Waals surface area contributed by atoms with E-state index in [1.165, 1.54) is 7.11 Å². The smallest absolute Gasteiger partial charge is 0.305 e. The Labute approximate surface area is 174 Å². The first-order valence-electron chi connectivity index (χ1n) is 10.7. The zero-order chi connectivity index (χ0) is 21.8. The number of hydrogen-bond donors (Lipinski definition) is 1. The van der Waals surface area contributed by atoms with Crippen molar-refractivity contribution in [2.45, 2.75) is 78.1 Å². The summed E-state index contributed by atoms with van der Waals surface area (Å²) in [5.74, 6) is 0.487. The lowest BCUT2D eigenvalue weighted by molar-refractivity contribution is -0.142. The summed E-state index contributed by atoms with van der Waals surface area (Å²) < 4.78 is 4.65. The maximum absolute atomic E-state index is 11.3. The number of carbonyl (C=O) groups excluding carboxylic acids is 3. The minimum absolute atomic E-state index is 0.0520. The van der Waals surface area contributed by atoms with Crippen molar-refractivity contribution in [1.29, 1.82) is 0 Å². The second kappa shape index (κ2) is 13.3. The molecule has 0 aromatic rings. The van der Waals surface area contributed by atoms with Gasteiger partial charge in [-0.25, -0.2) is 0 Å². The van der Waals surface area contributed by atoms with Gasteiger partial charge in [0, 0.05) is 38.5 Å². The molecular formula is C23H36O6. The van der Waals surface area contributed by atoms with Crippen LogP contribution in [-0.2, 0) is 23.9 Å². The zero-order valence-corrected chi connectivity index (χ0v) is 18.0. The highest BCUT2D eigenvalue weighted by Crippen LogP contribution is 2.36. The Bertz CT molecular complexity index is 594. The lowest BCUT2D eigenvalue weighted by Gasteiger charge is -2.16. The van der Waals surface area contributed by atoms with Gasteiger partial charge < -0.3 is 9.84 Å². The molecule has 0 amide bonds. The van der Waals surface area contributed by atoms with Gasteiger partial charge in [-0.05, 0) is 43.4 Å². The number of carboxylic acids is 1. The molecule has 2 aliphatic rings. The van der Waals surface area contributed by atoms with Crippen LogP contribution >= 0.6 is 0 Å². The molecule has 0 spiro atoms. The van der Waals surface area contributed by atoms with Gasteiger partial charge in [0.15, 0.2) is 0 Å². The molecule has 0 aromatic carbocycles. The van der Waals surface area contributed by atoms with Crippen molar-refractivity contribution < 1.29 is 29.0 Å². The summed E-state index contributed by atoms with van der Waals surface area (Å²) >= 11 is 0. The Hall–Kier alpha value is -1.98. The summed E-state index contributed by atoms with van der Waals surface area (Å²) in [6.07, 6.45) is 11.0. The van der Waals surface area contributed by atoms with Crippen LogP contribution in [0.2, 0.25) is 0 Å². The average molecular weight is 409 g/mol. The Morgan fingerprint density at radius 3 is 2.07 bits per heavy atom. The lowest BCUT2D eigenvalue weighted by Crippen LogP contribution is -2.14. The normalized spacial score (nSPS) is 26.4. The summed E-state index contributed by atoms with van der Waals surface area (Å²) in [6.45, 7) is 4.08. The highest BCUT2D eigenvalue weighted by Gasteiger charge is 2.34. The maximum Gasteiger partial charge on any atom is 0.305 e.